The number of esters is 1. The Morgan fingerprint density at radius 3 is 1.52 bits per heavy atom. The molecule has 0 aliphatic heterocycles. The molecule has 0 radical (unpaired) electrons. The van der Waals surface area contributed by atoms with Crippen molar-refractivity contribution >= 4 is 11.9 Å². The molecule has 4 nitrogen and oxygen atoms in total. The van der Waals surface area contributed by atoms with E-state index in [0.717, 1.165) is 89.9 Å². The monoisotopic (exact) mass is 586 g/mol. The predicted molar refractivity (Wildman–Crippen MR) is 181 cm³/mol. The number of allylic oxidation sites excluding steroid dienone is 8. The zero-order valence-electron chi connectivity index (χ0n) is 27.5. The molecule has 1 unspecified atom stereocenters. The standard InChI is InChI=1S/C38H66O4/c1-3-5-7-9-10-11-12-13-14-15-16-20-23-27-31-35-38(41)42-36(32-28-24-8-6-4-2)33-29-25-21-18-17-19-22-26-30-34-37(39)40/h5,7,10-11,13-14,16,20,36H,3-4,6,8-9,12,15,17-19,21-35H2,1-2H3,(H,39,40)/b7-5-,11-10-,14-13-,20-16-. The second-order valence-electron chi connectivity index (χ2n) is 11.7. The summed E-state index contributed by atoms with van der Waals surface area (Å²) in [6.07, 6.45) is 44.2. The zero-order chi connectivity index (χ0) is 30.8. The molecule has 0 aromatic rings. The van der Waals surface area contributed by atoms with Crippen molar-refractivity contribution in [1.29, 1.82) is 0 Å². The van der Waals surface area contributed by atoms with E-state index in [1.807, 2.05) is 0 Å². The number of unbranched alkanes of at least 4 members (excludes halogenated alkanes) is 14. The van der Waals surface area contributed by atoms with Gasteiger partial charge in [0.05, 0.1) is 0 Å². The van der Waals surface area contributed by atoms with Crippen LogP contribution in [-0.2, 0) is 14.3 Å². The Morgan fingerprint density at radius 1 is 0.548 bits per heavy atom. The molecule has 242 valence electrons. The molecule has 1 atom stereocenters. The molecular weight excluding hydrogens is 520 g/mol. The van der Waals surface area contributed by atoms with E-state index in [4.69, 9.17) is 9.84 Å². The van der Waals surface area contributed by atoms with Crippen molar-refractivity contribution in [3.8, 4) is 0 Å². The summed E-state index contributed by atoms with van der Waals surface area (Å²) in [5, 5.41) is 8.70. The lowest BCUT2D eigenvalue weighted by Gasteiger charge is -2.18. The molecule has 4 heteroatoms. The number of ether oxygens (including phenoxy) is 1. The number of hydrogen-bond acceptors (Lipinski definition) is 3. The highest BCUT2D eigenvalue weighted by Crippen LogP contribution is 2.18. The van der Waals surface area contributed by atoms with Crippen molar-refractivity contribution in [3.63, 3.8) is 0 Å². The average molecular weight is 587 g/mol. The first-order valence-corrected chi connectivity index (χ1v) is 17.6. The highest BCUT2D eigenvalue weighted by atomic mass is 16.5. The van der Waals surface area contributed by atoms with Gasteiger partial charge in [-0.3, -0.25) is 9.59 Å². The molecule has 0 aliphatic carbocycles. The third-order valence-electron chi connectivity index (χ3n) is 7.57. The topological polar surface area (TPSA) is 63.6 Å². The van der Waals surface area contributed by atoms with Gasteiger partial charge in [0.25, 0.3) is 0 Å². The highest BCUT2D eigenvalue weighted by molar-refractivity contribution is 5.69. The van der Waals surface area contributed by atoms with Gasteiger partial charge in [-0.2, -0.15) is 0 Å². The maximum atomic E-state index is 12.6. The minimum atomic E-state index is -0.683. The van der Waals surface area contributed by atoms with Gasteiger partial charge in [0.1, 0.15) is 6.10 Å². The number of carboxylic acids is 1. The second-order valence-corrected chi connectivity index (χ2v) is 11.7. The normalized spacial score (nSPS) is 12.8. The Labute approximate surface area is 260 Å². The van der Waals surface area contributed by atoms with Crippen LogP contribution in [0.2, 0.25) is 0 Å². The minimum absolute atomic E-state index is 0.0124. The third kappa shape index (κ3) is 32.4. The zero-order valence-corrected chi connectivity index (χ0v) is 27.5. The molecule has 0 saturated carbocycles. The van der Waals surface area contributed by atoms with E-state index in [0.29, 0.717) is 12.8 Å². The van der Waals surface area contributed by atoms with E-state index in [9.17, 15) is 9.59 Å². The molecule has 0 rings (SSSR count). The summed E-state index contributed by atoms with van der Waals surface area (Å²) >= 11 is 0. The maximum Gasteiger partial charge on any atom is 0.306 e. The largest absolute Gasteiger partial charge is 0.481 e. The number of carbonyl (C=O) groups is 2. The molecule has 0 fully saturated rings. The van der Waals surface area contributed by atoms with Crippen molar-refractivity contribution in [2.24, 2.45) is 0 Å². The fraction of sp³-hybridized carbons (Fsp3) is 0.737. The fourth-order valence-electron chi connectivity index (χ4n) is 5.00. The molecule has 0 bridgehead atoms. The first-order valence-electron chi connectivity index (χ1n) is 17.6. The molecule has 0 aromatic carbocycles. The summed E-state index contributed by atoms with van der Waals surface area (Å²) in [5.74, 6) is -0.695. The van der Waals surface area contributed by atoms with Crippen LogP contribution >= 0.6 is 0 Å². The lowest BCUT2D eigenvalue weighted by Crippen LogP contribution is -2.18. The summed E-state index contributed by atoms with van der Waals surface area (Å²) < 4.78 is 5.96. The van der Waals surface area contributed by atoms with E-state index in [1.54, 1.807) is 0 Å². The molecular formula is C38H66O4. The van der Waals surface area contributed by atoms with E-state index < -0.39 is 5.97 Å². The SMILES string of the molecule is CC/C=C\C/C=C\C/C=C\C/C=C\CCCCC(=O)OC(CCCCCCC)CCCCCCCCCCCC(=O)O. The van der Waals surface area contributed by atoms with Crippen molar-refractivity contribution < 1.29 is 19.4 Å². The van der Waals surface area contributed by atoms with Gasteiger partial charge >= 0.3 is 11.9 Å². The molecule has 1 N–H and O–H groups in total. The van der Waals surface area contributed by atoms with Crippen LogP contribution in [0, 0.1) is 0 Å². The van der Waals surface area contributed by atoms with Gasteiger partial charge < -0.3 is 9.84 Å². The summed E-state index contributed by atoms with van der Waals surface area (Å²) in [4.78, 5) is 23.1. The molecule has 0 amide bonds. The van der Waals surface area contributed by atoms with Crippen molar-refractivity contribution in [1.82, 2.24) is 0 Å². The lowest BCUT2D eigenvalue weighted by atomic mass is 10.0. The number of hydrogen-bond donors (Lipinski definition) is 1. The number of rotatable bonds is 31. The Kier molecular flexibility index (Phi) is 31.7. The van der Waals surface area contributed by atoms with Gasteiger partial charge in [-0.05, 0) is 77.0 Å². The fourth-order valence-corrected chi connectivity index (χ4v) is 5.00. The Balaban J connectivity index is 4.02. The molecule has 42 heavy (non-hydrogen) atoms. The summed E-state index contributed by atoms with van der Waals surface area (Å²) in [5.41, 5.74) is 0. The lowest BCUT2D eigenvalue weighted by molar-refractivity contribution is -0.150. The highest BCUT2D eigenvalue weighted by Gasteiger charge is 2.14. The first kappa shape index (κ1) is 39.9. The smallest absolute Gasteiger partial charge is 0.306 e. The third-order valence-corrected chi connectivity index (χ3v) is 7.57. The second kappa shape index (κ2) is 33.4. The molecule has 0 spiro atoms. The van der Waals surface area contributed by atoms with Gasteiger partial charge in [-0.25, -0.2) is 0 Å². The quantitative estimate of drug-likeness (QED) is 0.0498. The van der Waals surface area contributed by atoms with Crippen LogP contribution in [0.15, 0.2) is 48.6 Å². The van der Waals surface area contributed by atoms with Crippen LogP contribution < -0.4 is 0 Å². The summed E-state index contributed by atoms with van der Waals surface area (Å²) in [6, 6.07) is 0. The van der Waals surface area contributed by atoms with E-state index >= 15 is 0 Å². The van der Waals surface area contributed by atoms with Crippen LogP contribution in [0.1, 0.15) is 174 Å². The van der Waals surface area contributed by atoms with Crippen LogP contribution in [0.25, 0.3) is 0 Å². The summed E-state index contributed by atoms with van der Waals surface area (Å²) in [7, 11) is 0. The van der Waals surface area contributed by atoms with E-state index in [2.05, 4.69) is 62.5 Å². The van der Waals surface area contributed by atoms with Crippen LogP contribution in [0.5, 0.6) is 0 Å². The average Bonchev–Trinajstić information content (AvgIpc) is 2.97. The molecule has 0 aromatic heterocycles. The van der Waals surface area contributed by atoms with Crippen LogP contribution in [0.4, 0.5) is 0 Å². The van der Waals surface area contributed by atoms with Crippen molar-refractivity contribution in [3.05, 3.63) is 48.6 Å². The van der Waals surface area contributed by atoms with Crippen molar-refractivity contribution in [2.75, 3.05) is 0 Å². The van der Waals surface area contributed by atoms with E-state index in [1.165, 1.54) is 57.8 Å². The van der Waals surface area contributed by atoms with Gasteiger partial charge in [-0.15, -0.1) is 0 Å². The summed E-state index contributed by atoms with van der Waals surface area (Å²) in [6.45, 7) is 4.40. The molecule has 0 aliphatic rings. The van der Waals surface area contributed by atoms with Crippen molar-refractivity contribution in [2.45, 2.75) is 180 Å². The molecule has 0 saturated heterocycles. The van der Waals surface area contributed by atoms with Gasteiger partial charge in [-0.1, -0.05) is 133 Å². The van der Waals surface area contributed by atoms with Gasteiger partial charge in [0, 0.05) is 12.8 Å². The number of aliphatic carboxylic acids is 1. The minimum Gasteiger partial charge on any atom is -0.481 e. The Morgan fingerprint density at radius 2 is 1.00 bits per heavy atom. The maximum absolute atomic E-state index is 12.6. The first-order chi connectivity index (χ1) is 20.6. The Bertz CT molecular complexity index is 719. The Hall–Kier alpha value is -2.10. The predicted octanol–water partition coefficient (Wildman–Crippen LogP) is 12.0. The number of carboxylic acid groups (broad SMARTS) is 1. The van der Waals surface area contributed by atoms with E-state index in [-0.39, 0.29) is 12.1 Å². The van der Waals surface area contributed by atoms with Crippen LogP contribution in [-0.4, -0.2) is 23.1 Å². The number of carbonyl (C=O) groups excluding carboxylic acids is 1. The van der Waals surface area contributed by atoms with Gasteiger partial charge in [0.15, 0.2) is 0 Å². The van der Waals surface area contributed by atoms with Crippen LogP contribution in [0.3, 0.4) is 0 Å². The van der Waals surface area contributed by atoms with Gasteiger partial charge in [0.2, 0.25) is 0 Å². The molecule has 0 heterocycles.